The second-order valence-corrected chi connectivity index (χ2v) is 8.50. The van der Waals surface area contributed by atoms with E-state index >= 15 is 0 Å². The summed E-state index contributed by atoms with van der Waals surface area (Å²) in [6, 6.07) is 0. The van der Waals surface area contributed by atoms with Gasteiger partial charge in [-0.25, -0.2) is 0 Å². The highest BCUT2D eigenvalue weighted by Crippen LogP contribution is 2.39. The molecule has 0 aromatic carbocycles. The maximum Gasteiger partial charge on any atom is 0.222 e. The monoisotopic (exact) mass is 375 g/mol. The number of amides is 2. The lowest BCUT2D eigenvalue weighted by Gasteiger charge is -2.48. The Balaban J connectivity index is 1.52. The van der Waals surface area contributed by atoms with Crippen LogP contribution in [0.3, 0.4) is 0 Å². The highest BCUT2D eigenvalue weighted by Gasteiger charge is 2.42. The standard InChI is InChI=1S/C20H33N5O2/c1-23(2)11-12-25-16-20(9-7-19(25)27)8-4-10-24(15-20)18(26)6-3-5-17-13-21-22-14-17/h13-14H,3-12,15-16H2,1-2H3,(H,21,22)/t20-/m0/s1. The van der Waals surface area contributed by atoms with E-state index in [1.54, 1.807) is 0 Å². The second-order valence-electron chi connectivity index (χ2n) is 8.50. The molecule has 0 saturated carbocycles. The Morgan fingerprint density at radius 3 is 2.93 bits per heavy atom. The first-order valence-corrected chi connectivity index (χ1v) is 10.2. The van der Waals surface area contributed by atoms with E-state index in [2.05, 4.69) is 20.0 Å². The predicted molar refractivity (Wildman–Crippen MR) is 104 cm³/mol. The Morgan fingerprint density at radius 2 is 2.19 bits per heavy atom. The van der Waals surface area contributed by atoms with Crippen molar-refractivity contribution in [2.45, 2.75) is 44.9 Å². The lowest BCUT2D eigenvalue weighted by molar-refractivity contribution is -0.143. The molecule has 7 heteroatoms. The van der Waals surface area contributed by atoms with Gasteiger partial charge in [0.05, 0.1) is 6.20 Å². The average Bonchev–Trinajstić information content (AvgIpc) is 3.16. The van der Waals surface area contributed by atoms with Crippen LogP contribution in [0.1, 0.15) is 44.1 Å². The first kappa shape index (κ1) is 19.9. The summed E-state index contributed by atoms with van der Waals surface area (Å²) >= 11 is 0. The van der Waals surface area contributed by atoms with Crippen molar-refractivity contribution in [3.05, 3.63) is 18.0 Å². The van der Waals surface area contributed by atoms with Crippen molar-refractivity contribution in [3.8, 4) is 0 Å². The van der Waals surface area contributed by atoms with Gasteiger partial charge < -0.3 is 14.7 Å². The molecule has 0 unspecified atom stereocenters. The number of aromatic amines is 1. The van der Waals surface area contributed by atoms with Gasteiger partial charge in [-0.05, 0) is 51.8 Å². The van der Waals surface area contributed by atoms with Crippen molar-refractivity contribution in [2.24, 2.45) is 5.41 Å². The summed E-state index contributed by atoms with van der Waals surface area (Å²) in [5.41, 5.74) is 1.25. The molecule has 27 heavy (non-hydrogen) atoms. The molecule has 0 radical (unpaired) electrons. The number of hydrogen-bond acceptors (Lipinski definition) is 4. The number of aryl methyl sites for hydroxylation is 1. The highest BCUT2D eigenvalue weighted by atomic mass is 16.2. The molecule has 150 valence electrons. The summed E-state index contributed by atoms with van der Waals surface area (Å²) in [6.45, 7) is 4.14. The molecular weight excluding hydrogens is 342 g/mol. The van der Waals surface area contributed by atoms with Gasteiger partial charge in [0.2, 0.25) is 11.8 Å². The van der Waals surface area contributed by atoms with Gasteiger partial charge in [-0.3, -0.25) is 14.7 Å². The Morgan fingerprint density at radius 1 is 1.33 bits per heavy atom. The fourth-order valence-corrected chi connectivity index (χ4v) is 4.40. The molecule has 3 heterocycles. The summed E-state index contributed by atoms with van der Waals surface area (Å²) in [5, 5.41) is 6.76. The van der Waals surface area contributed by atoms with Crippen LogP contribution in [0.15, 0.2) is 12.4 Å². The summed E-state index contributed by atoms with van der Waals surface area (Å²) in [6.07, 6.45) is 9.75. The van der Waals surface area contributed by atoms with Crippen molar-refractivity contribution < 1.29 is 9.59 Å². The van der Waals surface area contributed by atoms with Crippen LogP contribution in [-0.4, -0.2) is 83.5 Å². The van der Waals surface area contributed by atoms with Crippen LogP contribution < -0.4 is 0 Å². The molecule has 0 bridgehead atoms. The van der Waals surface area contributed by atoms with Gasteiger partial charge >= 0.3 is 0 Å². The predicted octanol–water partition coefficient (Wildman–Crippen LogP) is 1.53. The topological polar surface area (TPSA) is 72.5 Å². The molecule has 2 aliphatic rings. The van der Waals surface area contributed by atoms with Gasteiger partial charge in [-0.15, -0.1) is 0 Å². The van der Waals surface area contributed by atoms with E-state index in [4.69, 9.17) is 0 Å². The Labute approximate surface area is 162 Å². The van der Waals surface area contributed by atoms with Crippen molar-refractivity contribution in [3.63, 3.8) is 0 Å². The van der Waals surface area contributed by atoms with E-state index in [1.807, 2.05) is 31.4 Å². The fraction of sp³-hybridized carbons (Fsp3) is 0.750. The number of carbonyl (C=O) groups excluding carboxylic acids is 2. The van der Waals surface area contributed by atoms with Crippen LogP contribution in [0.5, 0.6) is 0 Å². The summed E-state index contributed by atoms with van der Waals surface area (Å²) in [7, 11) is 4.07. The minimum Gasteiger partial charge on any atom is -0.342 e. The number of rotatable bonds is 7. The maximum absolute atomic E-state index is 12.7. The molecular formula is C20H33N5O2. The van der Waals surface area contributed by atoms with E-state index in [-0.39, 0.29) is 17.2 Å². The van der Waals surface area contributed by atoms with E-state index in [1.165, 1.54) is 0 Å². The number of nitrogens with one attached hydrogen (secondary N) is 1. The second kappa shape index (κ2) is 8.87. The number of nitrogens with zero attached hydrogens (tertiary/aromatic N) is 4. The SMILES string of the molecule is CN(C)CCN1C[C@@]2(CCCN(C(=O)CCCc3cn[nH]c3)C2)CCC1=O. The zero-order valence-electron chi connectivity index (χ0n) is 16.7. The van der Waals surface area contributed by atoms with Crippen molar-refractivity contribution in [1.29, 1.82) is 0 Å². The van der Waals surface area contributed by atoms with Crippen molar-refractivity contribution >= 4 is 11.8 Å². The van der Waals surface area contributed by atoms with Gasteiger partial charge in [0.15, 0.2) is 0 Å². The summed E-state index contributed by atoms with van der Waals surface area (Å²) in [4.78, 5) is 31.2. The smallest absolute Gasteiger partial charge is 0.222 e. The number of hydrogen-bond donors (Lipinski definition) is 1. The molecule has 7 nitrogen and oxygen atoms in total. The van der Waals surface area contributed by atoms with Gasteiger partial charge in [0, 0.05) is 57.2 Å². The third kappa shape index (κ3) is 5.31. The molecule has 0 aliphatic carbocycles. The molecule has 2 amide bonds. The molecule has 2 saturated heterocycles. The molecule has 1 N–H and O–H groups in total. The first-order valence-electron chi connectivity index (χ1n) is 10.2. The molecule has 3 rings (SSSR count). The fourth-order valence-electron chi connectivity index (χ4n) is 4.40. The van der Waals surface area contributed by atoms with Crippen LogP contribution in [0, 0.1) is 5.41 Å². The number of carbonyl (C=O) groups is 2. The van der Waals surface area contributed by atoms with E-state index in [0.717, 1.165) is 70.4 Å². The third-order valence-electron chi connectivity index (χ3n) is 5.99. The van der Waals surface area contributed by atoms with Gasteiger partial charge in [0.1, 0.15) is 0 Å². The quantitative estimate of drug-likeness (QED) is 0.784. The van der Waals surface area contributed by atoms with E-state index in [0.29, 0.717) is 12.8 Å². The maximum atomic E-state index is 12.7. The normalized spacial score (nSPS) is 23.4. The minimum absolute atomic E-state index is 0.0959. The number of piperidine rings is 2. The Kier molecular flexibility index (Phi) is 6.52. The number of likely N-dealkylation sites (N-methyl/N-ethyl adjacent to an activating group) is 1. The van der Waals surface area contributed by atoms with Crippen LogP contribution >= 0.6 is 0 Å². The lowest BCUT2D eigenvalue weighted by Crippen LogP contribution is -2.55. The lowest BCUT2D eigenvalue weighted by atomic mass is 9.73. The minimum atomic E-state index is 0.0959. The first-order chi connectivity index (χ1) is 13.0. The zero-order chi connectivity index (χ0) is 19.3. The van der Waals surface area contributed by atoms with E-state index in [9.17, 15) is 9.59 Å². The van der Waals surface area contributed by atoms with Crippen molar-refractivity contribution in [1.82, 2.24) is 24.9 Å². The van der Waals surface area contributed by atoms with Crippen LogP contribution in [-0.2, 0) is 16.0 Å². The molecule has 1 atom stereocenters. The number of likely N-dealkylation sites (tertiary alicyclic amines) is 2. The molecule has 2 fully saturated rings. The third-order valence-corrected chi connectivity index (χ3v) is 5.99. The molecule has 1 spiro atoms. The largest absolute Gasteiger partial charge is 0.342 e. The van der Waals surface area contributed by atoms with Gasteiger partial charge in [0.25, 0.3) is 0 Å². The van der Waals surface area contributed by atoms with Gasteiger partial charge in [-0.2, -0.15) is 5.10 Å². The number of H-pyrrole nitrogens is 1. The Hall–Kier alpha value is -1.89. The van der Waals surface area contributed by atoms with Crippen LogP contribution in [0.2, 0.25) is 0 Å². The summed E-state index contributed by atoms with van der Waals surface area (Å²) < 4.78 is 0. The van der Waals surface area contributed by atoms with Gasteiger partial charge in [-0.1, -0.05) is 0 Å². The number of aromatic nitrogens is 2. The molecule has 2 aliphatic heterocycles. The zero-order valence-corrected chi connectivity index (χ0v) is 16.7. The Bertz CT molecular complexity index is 630. The molecule has 1 aromatic heterocycles. The summed E-state index contributed by atoms with van der Waals surface area (Å²) in [5.74, 6) is 0.528. The average molecular weight is 376 g/mol. The van der Waals surface area contributed by atoms with Crippen LogP contribution in [0.4, 0.5) is 0 Å². The molecule has 1 aromatic rings. The van der Waals surface area contributed by atoms with E-state index < -0.39 is 0 Å². The highest BCUT2D eigenvalue weighted by molar-refractivity contribution is 5.78. The van der Waals surface area contributed by atoms with Crippen LogP contribution in [0.25, 0.3) is 0 Å². The van der Waals surface area contributed by atoms with Crippen molar-refractivity contribution in [2.75, 3.05) is 46.8 Å².